The topological polar surface area (TPSA) is 74.4 Å². The van der Waals surface area contributed by atoms with E-state index in [1.54, 1.807) is 6.92 Å². The molecule has 2 aromatic rings. The monoisotopic (exact) mass is 302 g/mol. The molecule has 0 fully saturated rings. The molecular formula is C16H18N2O4. The molecule has 1 aromatic carbocycles. The third kappa shape index (κ3) is 3.94. The fourth-order valence-electron chi connectivity index (χ4n) is 2.15. The van der Waals surface area contributed by atoms with Crippen molar-refractivity contribution in [2.75, 3.05) is 6.61 Å². The summed E-state index contributed by atoms with van der Waals surface area (Å²) in [5.74, 6) is 0.780. The van der Waals surface area contributed by atoms with Crippen molar-refractivity contribution in [3.63, 3.8) is 0 Å². The molecule has 6 nitrogen and oxygen atoms in total. The lowest BCUT2D eigenvalue weighted by molar-refractivity contribution is -0.385. The summed E-state index contributed by atoms with van der Waals surface area (Å²) in [7, 11) is 0. The fourth-order valence-corrected chi connectivity index (χ4v) is 2.15. The highest BCUT2D eigenvalue weighted by Gasteiger charge is 2.12. The van der Waals surface area contributed by atoms with E-state index in [2.05, 4.69) is 0 Å². The number of aryl methyl sites for hydroxylation is 3. The van der Waals surface area contributed by atoms with Crippen molar-refractivity contribution in [1.82, 2.24) is 4.57 Å². The Morgan fingerprint density at radius 2 is 2.05 bits per heavy atom. The first-order chi connectivity index (χ1) is 10.5. The SMILES string of the molecule is Cc1cccc(OCCCn2cc([N+](=O)[O-])c(C)cc2=O)c1. The predicted molar refractivity (Wildman–Crippen MR) is 83.4 cm³/mol. The number of benzene rings is 1. The second kappa shape index (κ2) is 6.89. The van der Waals surface area contributed by atoms with Crippen LogP contribution in [0, 0.1) is 24.0 Å². The Morgan fingerprint density at radius 3 is 2.73 bits per heavy atom. The van der Waals surface area contributed by atoms with Gasteiger partial charge in [-0.1, -0.05) is 12.1 Å². The highest BCUT2D eigenvalue weighted by molar-refractivity contribution is 5.35. The molecule has 0 atom stereocenters. The van der Waals surface area contributed by atoms with Crippen LogP contribution in [0.15, 0.2) is 41.3 Å². The van der Waals surface area contributed by atoms with Crippen LogP contribution in [0.5, 0.6) is 5.75 Å². The highest BCUT2D eigenvalue weighted by Crippen LogP contribution is 2.15. The lowest BCUT2D eigenvalue weighted by Crippen LogP contribution is -2.21. The molecule has 0 radical (unpaired) electrons. The van der Waals surface area contributed by atoms with Crippen LogP contribution in [0.4, 0.5) is 5.69 Å². The van der Waals surface area contributed by atoms with Gasteiger partial charge in [0.2, 0.25) is 0 Å². The first kappa shape index (κ1) is 15.8. The van der Waals surface area contributed by atoms with Gasteiger partial charge in [0.1, 0.15) is 5.75 Å². The third-order valence-electron chi connectivity index (χ3n) is 3.30. The zero-order valence-electron chi connectivity index (χ0n) is 12.6. The van der Waals surface area contributed by atoms with Gasteiger partial charge in [-0.2, -0.15) is 0 Å². The Labute approximate surface area is 128 Å². The highest BCUT2D eigenvalue weighted by atomic mass is 16.6. The van der Waals surface area contributed by atoms with Gasteiger partial charge in [0.25, 0.3) is 11.2 Å². The van der Waals surface area contributed by atoms with E-state index in [1.165, 1.54) is 16.8 Å². The van der Waals surface area contributed by atoms with Gasteiger partial charge >= 0.3 is 0 Å². The second-order valence-electron chi connectivity index (χ2n) is 5.15. The molecule has 0 aliphatic rings. The maximum absolute atomic E-state index is 11.8. The minimum atomic E-state index is -0.478. The van der Waals surface area contributed by atoms with Crippen molar-refractivity contribution in [2.24, 2.45) is 0 Å². The molecule has 0 spiro atoms. The summed E-state index contributed by atoms with van der Waals surface area (Å²) >= 11 is 0. The zero-order valence-corrected chi connectivity index (χ0v) is 12.6. The molecule has 0 bridgehead atoms. The summed E-state index contributed by atoms with van der Waals surface area (Å²) in [4.78, 5) is 22.2. The Balaban J connectivity index is 1.96. The van der Waals surface area contributed by atoms with E-state index >= 15 is 0 Å². The molecule has 0 aliphatic carbocycles. The molecule has 0 saturated heterocycles. The van der Waals surface area contributed by atoms with Crippen molar-refractivity contribution >= 4 is 5.69 Å². The number of nitro groups is 1. The van der Waals surface area contributed by atoms with Gasteiger partial charge in [-0.25, -0.2) is 0 Å². The Morgan fingerprint density at radius 1 is 1.27 bits per heavy atom. The summed E-state index contributed by atoms with van der Waals surface area (Å²) in [6.07, 6.45) is 1.89. The van der Waals surface area contributed by atoms with Crippen molar-refractivity contribution in [3.8, 4) is 5.75 Å². The minimum absolute atomic E-state index is 0.0424. The van der Waals surface area contributed by atoms with Crippen LogP contribution in [0.25, 0.3) is 0 Å². The van der Waals surface area contributed by atoms with E-state index in [4.69, 9.17) is 4.74 Å². The molecular weight excluding hydrogens is 284 g/mol. The van der Waals surface area contributed by atoms with Gasteiger partial charge in [0.05, 0.1) is 17.7 Å². The quantitative estimate of drug-likeness (QED) is 0.467. The van der Waals surface area contributed by atoms with Gasteiger partial charge < -0.3 is 9.30 Å². The number of pyridine rings is 1. The van der Waals surface area contributed by atoms with Crippen molar-refractivity contribution in [3.05, 3.63) is 68.1 Å². The normalized spacial score (nSPS) is 10.5. The van der Waals surface area contributed by atoms with E-state index < -0.39 is 4.92 Å². The molecule has 0 unspecified atom stereocenters. The molecule has 0 aliphatic heterocycles. The maximum atomic E-state index is 11.8. The standard InChI is InChI=1S/C16H18N2O4/c1-12-5-3-6-14(9-12)22-8-4-7-17-11-15(18(20)21)13(2)10-16(17)19/h3,5-6,9-11H,4,7-8H2,1-2H3. The molecule has 0 saturated carbocycles. The summed E-state index contributed by atoms with van der Waals surface area (Å²) < 4.78 is 6.95. The molecule has 0 amide bonds. The van der Waals surface area contributed by atoms with Gasteiger partial charge in [0.15, 0.2) is 0 Å². The van der Waals surface area contributed by atoms with E-state index in [0.29, 0.717) is 25.1 Å². The minimum Gasteiger partial charge on any atom is -0.494 e. The maximum Gasteiger partial charge on any atom is 0.288 e. The molecule has 1 heterocycles. The number of ether oxygens (including phenoxy) is 1. The molecule has 0 N–H and O–H groups in total. The van der Waals surface area contributed by atoms with Crippen LogP contribution in [0.1, 0.15) is 17.5 Å². The largest absolute Gasteiger partial charge is 0.494 e. The lowest BCUT2D eigenvalue weighted by atomic mass is 10.2. The number of aromatic nitrogens is 1. The van der Waals surface area contributed by atoms with E-state index in [0.717, 1.165) is 11.3 Å². The Kier molecular flexibility index (Phi) is 4.93. The van der Waals surface area contributed by atoms with Crippen molar-refractivity contribution in [2.45, 2.75) is 26.8 Å². The van der Waals surface area contributed by atoms with E-state index in [9.17, 15) is 14.9 Å². The number of hydrogen-bond acceptors (Lipinski definition) is 4. The summed E-state index contributed by atoms with van der Waals surface area (Å²) in [5.41, 5.74) is 1.21. The number of nitrogens with zero attached hydrogens (tertiary/aromatic N) is 2. The average Bonchev–Trinajstić information content (AvgIpc) is 2.45. The predicted octanol–water partition coefficient (Wildman–Crippen LogP) is 2.84. The van der Waals surface area contributed by atoms with Crippen LogP contribution in [0.3, 0.4) is 0 Å². The zero-order chi connectivity index (χ0) is 16.1. The average molecular weight is 302 g/mol. The van der Waals surface area contributed by atoms with Gasteiger partial charge in [-0.05, 0) is 38.0 Å². The molecule has 1 aromatic heterocycles. The second-order valence-corrected chi connectivity index (χ2v) is 5.15. The van der Waals surface area contributed by atoms with Gasteiger partial charge in [0, 0.05) is 18.2 Å². The Hall–Kier alpha value is -2.63. The molecule has 2 rings (SSSR count). The molecule has 22 heavy (non-hydrogen) atoms. The summed E-state index contributed by atoms with van der Waals surface area (Å²) in [5, 5.41) is 10.9. The first-order valence-corrected chi connectivity index (χ1v) is 7.02. The van der Waals surface area contributed by atoms with Crippen LogP contribution >= 0.6 is 0 Å². The van der Waals surface area contributed by atoms with Crippen LogP contribution < -0.4 is 10.3 Å². The van der Waals surface area contributed by atoms with E-state index in [1.807, 2.05) is 31.2 Å². The van der Waals surface area contributed by atoms with Gasteiger partial charge in [-0.15, -0.1) is 0 Å². The van der Waals surface area contributed by atoms with Crippen molar-refractivity contribution < 1.29 is 9.66 Å². The smallest absolute Gasteiger partial charge is 0.288 e. The Bertz CT molecular complexity index is 737. The van der Waals surface area contributed by atoms with Crippen LogP contribution in [-0.4, -0.2) is 16.1 Å². The molecule has 116 valence electrons. The van der Waals surface area contributed by atoms with Crippen LogP contribution in [0.2, 0.25) is 0 Å². The summed E-state index contributed by atoms with van der Waals surface area (Å²) in [6, 6.07) is 8.99. The fraction of sp³-hybridized carbons (Fsp3) is 0.312. The van der Waals surface area contributed by atoms with E-state index in [-0.39, 0.29) is 11.2 Å². The van der Waals surface area contributed by atoms with Gasteiger partial charge in [-0.3, -0.25) is 14.9 Å². The third-order valence-corrected chi connectivity index (χ3v) is 3.30. The number of hydrogen-bond donors (Lipinski definition) is 0. The lowest BCUT2D eigenvalue weighted by Gasteiger charge is -2.09. The summed E-state index contributed by atoms with van der Waals surface area (Å²) in [6.45, 7) is 4.37. The number of rotatable bonds is 6. The van der Waals surface area contributed by atoms with Crippen LogP contribution in [-0.2, 0) is 6.54 Å². The van der Waals surface area contributed by atoms with Crippen molar-refractivity contribution in [1.29, 1.82) is 0 Å². The molecule has 6 heteroatoms. The first-order valence-electron chi connectivity index (χ1n) is 7.02.